The van der Waals surface area contributed by atoms with Crippen molar-refractivity contribution in [3.8, 4) is 0 Å². The predicted octanol–water partition coefficient (Wildman–Crippen LogP) is 1.28. The van der Waals surface area contributed by atoms with Crippen LogP contribution in [0.4, 0.5) is 0 Å². The number of hydrogen-bond acceptors (Lipinski definition) is 4. The summed E-state index contributed by atoms with van der Waals surface area (Å²) < 4.78 is 21.7. The van der Waals surface area contributed by atoms with Gasteiger partial charge in [-0.05, 0) is 18.6 Å². The second kappa shape index (κ2) is 5.16. The Morgan fingerprint density at radius 1 is 1.43 bits per heavy atom. The summed E-state index contributed by atoms with van der Waals surface area (Å²) in [5, 5.41) is 0.0606. The standard InChI is InChI=1S/C9H16O3S2/c1-14(11,12)7-5-8(10)9-4-2-3-6-13-9/h9H,2-7H2,1H3. The Balaban J connectivity index is 2.34. The van der Waals surface area contributed by atoms with E-state index in [1.807, 2.05) is 0 Å². The van der Waals surface area contributed by atoms with Crippen molar-refractivity contribution in [2.24, 2.45) is 0 Å². The highest BCUT2D eigenvalue weighted by Gasteiger charge is 2.22. The monoisotopic (exact) mass is 236 g/mol. The third-order valence-electron chi connectivity index (χ3n) is 2.26. The molecule has 3 nitrogen and oxygen atoms in total. The van der Waals surface area contributed by atoms with Gasteiger partial charge in [-0.25, -0.2) is 8.42 Å². The van der Waals surface area contributed by atoms with Crippen molar-refractivity contribution in [3.05, 3.63) is 0 Å². The molecular weight excluding hydrogens is 220 g/mol. The van der Waals surface area contributed by atoms with E-state index in [0.29, 0.717) is 0 Å². The van der Waals surface area contributed by atoms with Crippen LogP contribution < -0.4 is 0 Å². The largest absolute Gasteiger partial charge is 0.298 e. The quantitative estimate of drug-likeness (QED) is 0.738. The van der Waals surface area contributed by atoms with Gasteiger partial charge in [-0.15, -0.1) is 0 Å². The zero-order valence-electron chi connectivity index (χ0n) is 8.36. The van der Waals surface area contributed by atoms with Crippen molar-refractivity contribution in [2.75, 3.05) is 17.8 Å². The number of thioether (sulfide) groups is 1. The molecule has 1 atom stereocenters. The smallest absolute Gasteiger partial charge is 0.147 e. The van der Waals surface area contributed by atoms with E-state index in [1.165, 1.54) is 12.7 Å². The molecule has 0 amide bonds. The molecule has 5 heteroatoms. The molecule has 0 aromatic carbocycles. The molecule has 1 fully saturated rings. The second-order valence-electron chi connectivity index (χ2n) is 3.70. The van der Waals surface area contributed by atoms with Crippen molar-refractivity contribution in [1.82, 2.24) is 0 Å². The number of carbonyl (C=O) groups excluding carboxylic acids is 1. The van der Waals surface area contributed by atoms with Crippen LogP contribution in [0.5, 0.6) is 0 Å². The average Bonchev–Trinajstić information content (AvgIpc) is 2.14. The lowest BCUT2D eigenvalue weighted by Gasteiger charge is -2.19. The molecule has 14 heavy (non-hydrogen) atoms. The molecule has 1 aliphatic heterocycles. The maximum absolute atomic E-state index is 11.6. The zero-order valence-corrected chi connectivity index (χ0v) is 9.99. The zero-order chi connectivity index (χ0) is 10.6. The Labute approximate surface area is 89.6 Å². The first kappa shape index (κ1) is 12.0. The number of Topliss-reactive ketones (excluding diaryl/α,β-unsaturated/α-hetero) is 1. The summed E-state index contributed by atoms with van der Waals surface area (Å²) in [5.41, 5.74) is 0. The van der Waals surface area contributed by atoms with Crippen LogP contribution in [-0.4, -0.2) is 37.2 Å². The summed E-state index contributed by atoms with van der Waals surface area (Å²) >= 11 is 1.68. The van der Waals surface area contributed by atoms with Crippen LogP contribution in [0.3, 0.4) is 0 Å². The fourth-order valence-electron chi connectivity index (χ4n) is 1.44. The van der Waals surface area contributed by atoms with Crippen molar-refractivity contribution in [2.45, 2.75) is 30.9 Å². The molecule has 0 aromatic heterocycles. The highest BCUT2D eigenvalue weighted by Crippen LogP contribution is 2.26. The van der Waals surface area contributed by atoms with Crippen LogP contribution >= 0.6 is 11.8 Å². The summed E-state index contributed by atoms with van der Waals surface area (Å²) in [6.45, 7) is 0. The molecule has 0 aliphatic carbocycles. The van der Waals surface area contributed by atoms with Crippen LogP contribution in [0.25, 0.3) is 0 Å². The molecule has 0 bridgehead atoms. The first-order valence-electron chi connectivity index (χ1n) is 4.81. The molecule has 1 rings (SSSR count). The van der Waals surface area contributed by atoms with Gasteiger partial charge in [0.25, 0.3) is 0 Å². The van der Waals surface area contributed by atoms with Crippen LogP contribution in [0, 0.1) is 0 Å². The van der Waals surface area contributed by atoms with Crippen molar-refractivity contribution < 1.29 is 13.2 Å². The molecule has 1 unspecified atom stereocenters. The highest BCUT2D eigenvalue weighted by molar-refractivity contribution is 8.00. The maximum Gasteiger partial charge on any atom is 0.147 e. The van der Waals surface area contributed by atoms with E-state index in [4.69, 9.17) is 0 Å². The average molecular weight is 236 g/mol. The number of rotatable bonds is 4. The number of carbonyl (C=O) groups is 1. The Kier molecular flexibility index (Phi) is 4.44. The minimum atomic E-state index is -2.99. The van der Waals surface area contributed by atoms with E-state index in [2.05, 4.69) is 0 Å². The van der Waals surface area contributed by atoms with E-state index >= 15 is 0 Å². The summed E-state index contributed by atoms with van der Waals surface area (Å²) in [4.78, 5) is 11.6. The Hall–Kier alpha value is -0.0300. The lowest BCUT2D eigenvalue weighted by molar-refractivity contribution is -0.118. The summed E-state index contributed by atoms with van der Waals surface area (Å²) in [6.07, 6.45) is 4.57. The van der Waals surface area contributed by atoms with Crippen molar-refractivity contribution >= 4 is 27.4 Å². The van der Waals surface area contributed by atoms with Gasteiger partial charge in [0.05, 0.1) is 11.0 Å². The molecule has 0 N–H and O–H groups in total. The van der Waals surface area contributed by atoms with Crippen LogP contribution in [0.1, 0.15) is 25.7 Å². The molecule has 1 saturated heterocycles. The van der Waals surface area contributed by atoms with Crippen LogP contribution in [0.2, 0.25) is 0 Å². The summed E-state index contributed by atoms with van der Waals surface area (Å²) in [6, 6.07) is 0. The third-order valence-corrected chi connectivity index (χ3v) is 4.63. The lowest BCUT2D eigenvalue weighted by Crippen LogP contribution is -2.23. The minimum Gasteiger partial charge on any atom is -0.298 e. The molecule has 0 spiro atoms. The number of sulfone groups is 1. The van der Waals surface area contributed by atoms with Gasteiger partial charge in [-0.3, -0.25) is 4.79 Å². The normalized spacial score (nSPS) is 23.4. The Morgan fingerprint density at radius 3 is 2.64 bits per heavy atom. The SMILES string of the molecule is CS(=O)(=O)CCC(=O)C1CCCCS1. The van der Waals surface area contributed by atoms with Gasteiger partial charge in [0.1, 0.15) is 15.6 Å². The van der Waals surface area contributed by atoms with E-state index in [9.17, 15) is 13.2 Å². The predicted molar refractivity (Wildman–Crippen MR) is 59.4 cm³/mol. The summed E-state index contributed by atoms with van der Waals surface area (Å²) in [7, 11) is -2.99. The van der Waals surface area contributed by atoms with Crippen molar-refractivity contribution in [1.29, 1.82) is 0 Å². The van der Waals surface area contributed by atoms with Gasteiger partial charge in [0.15, 0.2) is 0 Å². The Bertz CT molecular complexity index is 289. The van der Waals surface area contributed by atoms with Gasteiger partial charge in [0, 0.05) is 12.7 Å². The van der Waals surface area contributed by atoms with E-state index in [1.54, 1.807) is 11.8 Å². The van der Waals surface area contributed by atoms with E-state index in [0.717, 1.165) is 18.6 Å². The molecule has 82 valence electrons. The second-order valence-corrected chi connectivity index (χ2v) is 7.27. The molecule has 0 saturated carbocycles. The molecule has 1 aliphatic rings. The van der Waals surface area contributed by atoms with Gasteiger partial charge >= 0.3 is 0 Å². The van der Waals surface area contributed by atoms with Crippen molar-refractivity contribution in [3.63, 3.8) is 0 Å². The Morgan fingerprint density at radius 2 is 2.14 bits per heavy atom. The first-order chi connectivity index (χ1) is 6.49. The number of hydrogen-bond donors (Lipinski definition) is 0. The molecular formula is C9H16O3S2. The fraction of sp³-hybridized carbons (Fsp3) is 0.889. The van der Waals surface area contributed by atoms with Crippen LogP contribution in [-0.2, 0) is 14.6 Å². The molecule has 0 aromatic rings. The number of ketones is 1. The van der Waals surface area contributed by atoms with Gasteiger partial charge < -0.3 is 0 Å². The first-order valence-corrected chi connectivity index (χ1v) is 7.92. The van der Waals surface area contributed by atoms with E-state index in [-0.39, 0.29) is 23.2 Å². The third kappa shape index (κ3) is 4.46. The lowest BCUT2D eigenvalue weighted by atomic mass is 10.1. The topological polar surface area (TPSA) is 51.2 Å². The molecule has 0 radical (unpaired) electrons. The van der Waals surface area contributed by atoms with Gasteiger partial charge in [0.2, 0.25) is 0 Å². The van der Waals surface area contributed by atoms with Crippen LogP contribution in [0.15, 0.2) is 0 Å². The minimum absolute atomic E-state index is 0.00287. The molecule has 1 heterocycles. The highest BCUT2D eigenvalue weighted by atomic mass is 32.2. The summed E-state index contributed by atoms with van der Waals surface area (Å²) in [5.74, 6) is 1.15. The van der Waals surface area contributed by atoms with Gasteiger partial charge in [-0.1, -0.05) is 6.42 Å². The van der Waals surface area contributed by atoms with Gasteiger partial charge in [-0.2, -0.15) is 11.8 Å². The fourth-order valence-corrected chi connectivity index (χ4v) is 3.31. The maximum atomic E-state index is 11.6. The van der Waals surface area contributed by atoms with E-state index < -0.39 is 9.84 Å².